The number of fused-ring (bicyclic) bond motifs is 1. The van der Waals surface area contributed by atoms with Crippen molar-refractivity contribution in [3.63, 3.8) is 0 Å². The highest BCUT2D eigenvalue weighted by molar-refractivity contribution is 7.66. The van der Waals surface area contributed by atoms with E-state index in [1.165, 1.54) is 10.9 Å². The third kappa shape index (κ3) is 8.78. The summed E-state index contributed by atoms with van der Waals surface area (Å²) < 4.78 is 53.5. The molecule has 1 saturated heterocycles. The molecule has 44 heavy (non-hydrogen) atoms. The second kappa shape index (κ2) is 13.1. The number of nitrogens with two attached hydrogens (primary N) is 2. The van der Waals surface area contributed by atoms with E-state index in [0.717, 1.165) is 0 Å². The third-order valence-corrected chi connectivity index (χ3v) is 9.84. The first-order chi connectivity index (χ1) is 20.4. The van der Waals surface area contributed by atoms with Gasteiger partial charge >= 0.3 is 29.4 Å². The van der Waals surface area contributed by atoms with Crippen LogP contribution >= 0.6 is 23.5 Å². The van der Waals surface area contributed by atoms with Crippen molar-refractivity contribution in [2.45, 2.75) is 37.3 Å². The van der Waals surface area contributed by atoms with Crippen LogP contribution in [-0.4, -0.2) is 75.1 Å². The van der Waals surface area contributed by atoms with Crippen molar-refractivity contribution in [3.8, 4) is 11.8 Å². The number of nitrogens with zero attached hydrogens (tertiary/aromatic N) is 3. The number of carboxylic acids is 1. The molecule has 6 atom stereocenters. The summed E-state index contributed by atoms with van der Waals surface area (Å²) in [4.78, 5) is 55.5. The summed E-state index contributed by atoms with van der Waals surface area (Å²) in [7, 11) is -16.7. The highest BCUT2D eigenvalue weighted by Gasteiger charge is 2.43. The molecule has 10 N–H and O–H groups in total. The molecule has 0 bridgehead atoms. The lowest BCUT2D eigenvalue weighted by Gasteiger charge is -2.19. The number of aliphatic carboxylic acids is 1. The Morgan fingerprint density at radius 3 is 2.41 bits per heavy atom. The van der Waals surface area contributed by atoms with E-state index >= 15 is 0 Å². The van der Waals surface area contributed by atoms with Crippen LogP contribution in [0.15, 0.2) is 36.8 Å². The van der Waals surface area contributed by atoms with Crippen molar-refractivity contribution in [2.75, 3.05) is 12.3 Å². The number of phosphoric ester groups is 1. The largest absolute Gasteiger partial charge is 0.490 e. The van der Waals surface area contributed by atoms with Gasteiger partial charge in [0.05, 0.1) is 23.7 Å². The second-order valence-electron chi connectivity index (χ2n) is 9.32. The number of aromatic nitrogens is 3. The maximum absolute atomic E-state index is 12.1. The van der Waals surface area contributed by atoms with E-state index in [9.17, 15) is 33.4 Å². The number of hydrogen-bond donors (Lipinski definition) is 8. The summed E-state index contributed by atoms with van der Waals surface area (Å²) in [6.07, 6.45) is -0.681. The van der Waals surface area contributed by atoms with Gasteiger partial charge in [-0.1, -0.05) is 24.0 Å². The van der Waals surface area contributed by atoms with Gasteiger partial charge in [0.25, 0.3) is 0 Å². The second-order valence-corrected chi connectivity index (χ2v) is 13.7. The van der Waals surface area contributed by atoms with Gasteiger partial charge in [0.15, 0.2) is 0 Å². The highest BCUT2D eigenvalue weighted by Crippen LogP contribution is 2.66. The van der Waals surface area contributed by atoms with Gasteiger partial charge in [0.1, 0.15) is 36.2 Å². The van der Waals surface area contributed by atoms with Gasteiger partial charge in [0.2, 0.25) is 0 Å². The first-order valence-corrected chi connectivity index (χ1v) is 16.8. The zero-order valence-electron chi connectivity index (χ0n) is 22.2. The average Bonchev–Trinajstić information content (AvgIpc) is 3.45. The van der Waals surface area contributed by atoms with E-state index in [1.807, 2.05) is 0 Å². The molecule has 1 aliphatic heterocycles. The number of aliphatic hydroxyl groups excluding tert-OH is 1. The quantitative estimate of drug-likeness (QED) is 0.100. The van der Waals surface area contributed by atoms with E-state index in [4.69, 9.17) is 31.1 Å². The molecule has 0 aliphatic carbocycles. The van der Waals surface area contributed by atoms with Crippen LogP contribution in [0.25, 0.3) is 11.0 Å². The van der Waals surface area contributed by atoms with Crippen molar-refractivity contribution < 1.29 is 66.2 Å². The van der Waals surface area contributed by atoms with Gasteiger partial charge in [-0.15, -0.1) is 0 Å². The van der Waals surface area contributed by atoms with Crippen molar-refractivity contribution >= 4 is 46.3 Å². The Balaban J connectivity index is 1.50. The van der Waals surface area contributed by atoms with Crippen LogP contribution in [0.1, 0.15) is 29.3 Å². The summed E-state index contributed by atoms with van der Waals surface area (Å²) in [5.74, 6) is 4.92. The minimum absolute atomic E-state index is 0.0784. The Morgan fingerprint density at radius 1 is 1.09 bits per heavy atom. The van der Waals surface area contributed by atoms with E-state index in [1.54, 1.807) is 30.5 Å². The molecule has 2 unspecified atom stereocenters. The van der Waals surface area contributed by atoms with E-state index in [-0.39, 0.29) is 24.3 Å². The van der Waals surface area contributed by atoms with Crippen LogP contribution in [0.2, 0.25) is 0 Å². The Kier molecular flexibility index (Phi) is 10.1. The lowest BCUT2D eigenvalue weighted by atomic mass is 10.0. The fourth-order valence-corrected chi connectivity index (χ4v) is 7.16. The predicted octanol–water partition coefficient (Wildman–Crippen LogP) is 0.359. The third-order valence-electron chi connectivity index (χ3n) is 6.04. The number of carboxylic acid groups (broad SMARTS) is 1. The van der Waals surface area contributed by atoms with Crippen LogP contribution in [0, 0.1) is 11.8 Å². The van der Waals surface area contributed by atoms with Gasteiger partial charge in [-0.2, -0.15) is 8.62 Å². The molecule has 4 rings (SSSR count). The molecule has 0 radical (unpaired) electrons. The number of anilines is 1. The maximum atomic E-state index is 12.1. The number of benzene rings is 1. The van der Waals surface area contributed by atoms with Crippen LogP contribution in [0.5, 0.6) is 0 Å². The number of ether oxygens (including phenoxy) is 1. The van der Waals surface area contributed by atoms with Crippen molar-refractivity contribution in [3.05, 3.63) is 53.5 Å². The standard InChI is InChI=1S/C22H26N5O14P3/c23-15(22(29)30)7-13-3-1-12(2-4-13)5-6-14-9-27(21-19(14)20(24)25-11-26-21)18-8-16(28)17(39-18)10-38-43(34,35)41-44(36,37)40-42(31,32)33/h1-4,9,11,15-18,28H,7-8,10,23H2,(H,29,30)(H,34,35)(H,36,37)(H2,24,25,26)(H2,31,32,33)/t15-,16-,17+,18+/m0/s1. The molecule has 19 nitrogen and oxygen atoms in total. The Bertz CT molecular complexity index is 1750. The zero-order chi connectivity index (χ0) is 32.4. The molecule has 0 saturated carbocycles. The molecular weight excluding hydrogens is 651 g/mol. The van der Waals surface area contributed by atoms with Crippen molar-refractivity contribution in [1.82, 2.24) is 14.5 Å². The number of carbonyl (C=O) groups is 1. The summed E-state index contributed by atoms with van der Waals surface area (Å²) in [6.45, 7) is -0.849. The smallest absolute Gasteiger partial charge is 0.480 e. The topological polar surface area (TPSA) is 309 Å². The van der Waals surface area contributed by atoms with Crippen molar-refractivity contribution in [1.29, 1.82) is 0 Å². The van der Waals surface area contributed by atoms with E-state index < -0.39 is 60.5 Å². The molecule has 3 aromatic rings. The molecule has 3 heterocycles. The summed E-state index contributed by atoms with van der Waals surface area (Å²) in [6, 6.07) is 5.73. The number of aliphatic hydroxyl groups is 1. The van der Waals surface area contributed by atoms with Crippen molar-refractivity contribution in [2.24, 2.45) is 5.73 Å². The monoisotopic (exact) mass is 677 g/mol. The molecule has 1 aliphatic rings. The predicted molar refractivity (Wildman–Crippen MR) is 148 cm³/mol. The molecule has 1 aromatic carbocycles. The van der Waals surface area contributed by atoms with Gasteiger partial charge < -0.3 is 50.6 Å². The van der Waals surface area contributed by atoms with Crippen LogP contribution in [-0.2, 0) is 42.8 Å². The summed E-state index contributed by atoms with van der Waals surface area (Å²) >= 11 is 0. The first kappa shape index (κ1) is 33.8. The normalized spacial score (nSPS) is 22.1. The summed E-state index contributed by atoms with van der Waals surface area (Å²) in [5.41, 5.74) is 13.6. The maximum Gasteiger partial charge on any atom is 0.490 e. The van der Waals surface area contributed by atoms with Gasteiger partial charge in [-0.05, 0) is 24.1 Å². The van der Waals surface area contributed by atoms with Crippen LogP contribution < -0.4 is 11.5 Å². The summed E-state index contributed by atoms with van der Waals surface area (Å²) in [5, 5.41) is 19.9. The Labute approximate surface area is 247 Å². The SMILES string of the molecule is Nc1ncnc2c1c(C#Cc1ccc(C[C@H](N)C(=O)O)cc1)cn2[C@H]1C[C@H](O)[C@@H](COP(=O)(O)OP(=O)(O)OP(=O)(O)O)O1. The van der Waals surface area contributed by atoms with Crippen LogP contribution in [0.4, 0.5) is 5.82 Å². The van der Waals surface area contributed by atoms with Gasteiger partial charge in [0, 0.05) is 18.2 Å². The zero-order valence-corrected chi connectivity index (χ0v) is 24.9. The molecule has 22 heteroatoms. The lowest BCUT2D eigenvalue weighted by Crippen LogP contribution is -2.32. The first-order valence-electron chi connectivity index (χ1n) is 12.3. The minimum atomic E-state index is -5.72. The number of hydrogen-bond acceptors (Lipinski definition) is 13. The Hall–Kier alpha value is -3.04. The number of nitrogen functional groups attached to an aromatic ring is 1. The van der Waals surface area contributed by atoms with E-state index in [2.05, 4.69) is 35.0 Å². The fraction of sp³-hybridized carbons (Fsp3) is 0.318. The highest BCUT2D eigenvalue weighted by atomic mass is 31.3. The molecular formula is C22H26N5O14P3. The minimum Gasteiger partial charge on any atom is -0.480 e. The van der Waals surface area contributed by atoms with Gasteiger partial charge in [-0.3, -0.25) is 9.32 Å². The van der Waals surface area contributed by atoms with Crippen LogP contribution in [0.3, 0.4) is 0 Å². The molecule has 238 valence electrons. The van der Waals surface area contributed by atoms with Gasteiger partial charge in [-0.25, -0.2) is 23.7 Å². The lowest BCUT2D eigenvalue weighted by molar-refractivity contribution is -0.138. The molecule has 0 amide bonds. The number of phosphoric acid groups is 3. The Morgan fingerprint density at radius 2 is 1.77 bits per heavy atom. The fourth-order valence-electron chi connectivity index (χ4n) is 4.13. The average molecular weight is 677 g/mol. The molecule has 0 spiro atoms. The van der Waals surface area contributed by atoms with E-state index in [0.29, 0.717) is 22.1 Å². The molecule has 2 aromatic heterocycles. The number of rotatable bonds is 11. The molecule has 1 fully saturated rings.